The van der Waals surface area contributed by atoms with E-state index < -0.39 is 0 Å². The standard InChI is InChI=1S/C13H19N/c1-14(2)13-9-5-8-11-6-3-4-7-12(11)10-13/h3-4,6-7,13H,5,8-10H2,1-2H3/t13-/m0/s1. The van der Waals surface area contributed by atoms with Gasteiger partial charge in [-0.2, -0.15) is 0 Å². The number of aryl methyl sites for hydroxylation is 1. The molecular formula is C13H19N. The Morgan fingerprint density at radius 3 is 2.57 bits per heavy atom. The minimum absolute atomic E-state index is 0.735. The van der Waals surface area contributed by atoms with E-state index in [2.05, 4.69) is 43.3 Å². The van der Waals surface area contributed by atoms with Crippen molar-refractivity contribution < 1.29 is 0 Å². The van der Waals surface area contributed by atoms with Crippen LogP contribution in [0.1, 0.15) is 24.0 Å². The summed E-state index contributed by atoms with van der Waals surface area (Å²) in [4.78, 5) is 2.36. The fourth-order valence-electron chi connectivity index (χ4n) is 2.33. The molecule has 1 aliphatic carbocycles. The van der Waals surface area contributed by atoms with Crippen LogP contribution in [0.4, 0.5) is 0 Å². The molecule has 1 heteroatoms. The molecule has 0 unspecified atom stereocenters. The van der Waals surface area contributed by atoms with Crippen LogP contribution in [0.5, 0.6) is 0 Å². The Kier molecular flexibility index (Phi) is 2.87. The molecule has 14 heavy (non-hydrogen) atoms. The van der Waals surface area contributed by atoms with Gasteiger partial charge in [-0.25, -0.2) is 0 Å². The van der Waals surface area contributed by atoms with Crippen LogP contribution in [0, 0.1) is 0 Å². The molecule has 0 spiro atoms. The van der Waals surface area contributed by atoms with Gasteiger partial charge < -0.3 is 4.90 Å². The van der Waals surface area contributed by atoms with E-state index in [-0.39, 0.29) is 0 Å². The maximum absolute atomic E-state index is 2.36. The Bertz CT molecular complexity index is 304. The van der Waals surface area contributed by atoms with E-state index in [1.54, 1.807) is 11.1 Å². The van der Waals surface area contributed by atoms with Crippen LogP contribution in [0.15, 0.2) is 24.3 Å². The van der Waals surface area contributed by atoms with E-state index in [0.29, 0.717) is 0 Å². The summed E-state index contributed by atoms with van der Waals surface area (Å²) in [6.07, 6.45) is 5.16. The van der Waals surface area contributed by atoms with E-state index in [9.17, 15) is 0 Å². The zero-order chi connectivity index (χ0) is 9.97. The first-order valence-electron chi connectivity index (χ1n) is 5.50. The predicted octanol–water partition coefficient (Wildman–Crippen LogP) is 2.50. The lowest BCUT2D eigenvalue weighted by molar-refractivity contribution is 0.277. The molecule has 1 aliphatic rings. The molecule has 0 saturated heterocycles. The van der Waals surface area contributed by atoms with Gasteiger partial charge in [0, 0.05) is 6.04 Å². The molecule has 1 aromatic rings. The zero-order valence-electron chi connectivity index (χ0n) is 9.16. The summed E-state index contributed by atoms with van der Waals surface area (Å²) in [6, 6.07) is 9.63. The Labute approximate surface area is 86.7 Å². The van der Waals surface area contributed by atoms with Gasteiger partial charge in [-0.1, -0.05) is 24.3 Å². The fraction of sp³-hybridized carbons (Fsp3) is 0.538. The zero-order valence-corrected chi connectivity index (χ0v) is 9.16. The second-order valence-electron chi connectivity index (χ2n) is 4.48. The highest BCUT2D eigenvalue weighted by atomic mass is 15.1. The Balaban J connectivity index is 2.22. The van der Waals surface area contributed by atoms with Crippen molar-refractivity contribution in [2.75, 3.05) is 14.1 Å². The Hall–Kier alpha value is -0.820. The molecule has 2 rings (SSSR count). The third kappa shape index (κ3) is 1.98. The lowest BCUT2D eigenvalue weighted by atomic mass is 10.0. The summed E-state index contributed by atoms with van der Waals surface area (Å²) in [5, 5.41) is 0. The summed E-state index contributed by atoms with van der Waals surface area (Å²) in [5.74, 6) is 0. The number of hydrogen-bond donors (Lipinski definition) is 0. The maximum atomic E-state index is 2.36. The van der Waals surface area contributed by atoms with Gasteiger partial charge >= 0.3 is 0 Å². The first kappa shape index (κ1) is 9.72. The molecule has 0 amide bonds. The average molecular weight is 189 g/mol. The molecule has 0 bridgehead atoms. The van der Waals surface area contributed by atoms with Gasteiger partial charge in [-0.3, -0.25) is 0 Å². The molecule has 0 saturated carbocycles. The van der Waals surface area contributed by atoms with E-state index >= 15 is 0 Å². The molecule has 76 valence electrons. The van der Waals surface area contributed by atoms with Crippen LogP contribution >= 0.6 is 0 Å². The third-order valence-electron chi connectivity index (χ3n) is 3.29. The molecule has 1 nitrogen and oxygen atoms in total. The van der Waals surface area contributed by atoms with Crippen LogP contribution in [-0.2, 0) is 12.8 Å². The van der Waals surface area contributed by atoms with Crippen molar-refractivity contribution in [3.05, 3.63) is 35.4 Å². The van der Waals surface area contributed by atoms with Gasteiger partial charge in [0.1, 0.15) is 0 Å². The lowest BCUT2D eigenvalue weighted by Crippen LogP contribution is -2.29. The van der Waals surface area contributed by atoms with E-state index in [1.807, 2.05) is 0 Å². The third-order valence-corrected chi connectivity index (χ3v) is 3.29. The smallest absolute Gasteiger partial charge is 0.0130 e. The molecule has 0 radical (unpaired) electrons. The van der Waals surface area contributed by atoms with Crippen LogP contribution in [0.3, 0.4) is 0 Å². The minimum atomic E-state index is 0.735. The van der Waals surface area contributed by atoms with Gasteiger partial charge in [0.25, 0.3) is 0 Å². The fourth-order valence-corrected chi connectivity index (χ4v) is 2.33. The highest BCUT2D eigenvalue weighted by Crippen LogP contribution is 2.22. The van der Waals surface area contributed by atoms with E-state index in [4.69, 9.17) is 0 Å². The van der Waals surface area contributed by atoms with Crippen LogP contribution in [-0.4, -0.2) is 25.0 Å². The predicted molar refractivity (Wildman–Crippen MR) is 60.6 cm³/mol. The normalized spacial score (nSPS) is 21.8. The van der Waals surface area contributed by atoms with Gasteiger partial charge in [-0.05, 0) is 50.9 Å². The Morgan fingerprint density at radius 1 is 1.14 bits per heavy atom. The second kappa shape index (κ2) is 4.14. The van der Waals surface area contributed by atoms with Crippen LogP contribution < -0.4 is 0 Å². The van der Waals surface area contributed by atoms with Crippen molar-refractivity contribution >= 4 is 0 Å². The minimum Gasteiger partial charge on any atom is -0.306 e. The van der Waals surface area contributed by atoms with Crippen molar-refractivity contribution in [3.63, 3.8) is 0 Å². The van der Waals surface area contributed by atoms with Crippen molar-refractivity contribution in [3.8, 4) is 0 Å². The van der Waals surface area contributed by atoms with Crippen molar-refractivity contribution in [1.29, 1.82) is 0 Å². The Morgan fingerprint density at radius 2 is 1.86 bits per heavy atom. The quantitative estimate of drug-likeness (QED) is 0.613. The van der Waals surface area contributed by atoms with Gasteiger partial charge in [-0.15, -0.1) is 0 Å². The summed E-state index contributed by atoms with van der Waals surface area (Å²) in [5.41, 5.74) is 3.13. The molecule has 0 N–H and O–H groups in total. The summed E-state index contributed by atoms with van der Waals surface area (Å²) in [6.45, 7) is 0. The largest absolute Gasteiger partial charge is 0.306 e. The number of hydrogen-bond acceptors (Lipinski definition) is 1. The monoisotopic (exact) mass is 189 g/mol. The van der Waals surface area contributed by atoms with E-state index in [1.165, 1.54) is 25.7 Å². The molecule has 0 heterocycles. The second-order valence-corrected chi connectivity index (χ2v) is 4.48. The first-order chi connectivity index (χ1) is 6.77. The average Bonchev–Trinajstić information content (AvgIpc) is 2.39. The van der Waals surface area contributed by atoms with Gasteiger partial charge in [0.2, 0.25) is 0 Å². The number of likely N-dealkylation sites (N-methyl/N-ethyl adjacent to an activating group) is 1. The van der Waals surface area contributed by atoms with Crippen LogP contribution in [0.2, 0.25) is 0 Å². The summed E-state index contributed by atoms with van der Waals surface area (Å²) in [7, 11) is 4.39. The van der Waals surface area contributed by atoms with Crippen molar-refractivity contribution in [2.24, 2.45) is 0 Å². The van der Waals surface area contributed by atoms with E-state index in [0.717, 1.165) is 6.04 Å². The SMILES string of the molecule is CN(C)[C@H]1CCCc2ccccc2C1. The van der Waals surface area contributed by atoms with Gasteiger partial charge in [0.05, 0.1) is 0 Å². The lowest BCUT2D eigenvalue weighted by Gasteiger charge is -2.22. The summed E-state index contributed by atoms with van der Waals surface area (Å²) >= 11 is 0. The molecular weight excluding hydrogens is 170 g/mol. The highest BCUT2D eigenvalue weighted by molar-refractivity contribution is 5.29. The van der Waals surface area contributed by atoms with Crippen molar-refractivity contribution in [1.82, 2.24) is 4.90 Å². The maximum Gasteiger partial charge on any atom is 0.0130 e. The molecule has 0 aromatic heterocycles. The number of nitrogens with zero attached hydrogens (tertiary/aromatic N) is 1. The first-order valence-corrected chi connectivity index (χ1v) is 5.50. The number of rotatable bonds is 1. The molecule has 0 aliphatic heterocycles. The van der Waals surface area contributed by atoms with Crippen LogP contribution in [0.25, 0.3) is 0 Å². The molecule has 1 aromatic carbocycles. The highest BCUT2D eigenvalue weighted by Gasteiger charge is 2.17. The summed E-state index contributed by atoms with van der Waals surface area (Å²) < 4.78 is 0. The van der Waals surface area contributed by atoms with Crippen molar-refractivity contribution in [2.45, 2.75) is 31.7 Å². The topological polar surface area (TPSA) is 3.24 Å². The molecule has 0 fully saturated rings. The molecule has 1 atom stereocenters. The number of benzene rings is 1. The number of fused-ring (bicyclic) bond motifs is 1. The van der Waals surface area contributed by atoms with Gasteiger partial charge in [0.15, 0.2) is 0 Å².